The maximum Gasteiger partial charge on any atom is 0.272 e. The average Bonchev–Trinajstić information content (AvgIpc) is 3.05. The third-order valence-corrected chi connectivity index (χ3v) is 5.89. The lowest BCUT2D eigenvalue weighted by molar-refractivity contribution is -0.122. The monoisotopic (exact) mass is 423 g/mol. The van der Waals surface area contributed by atoms with Gasteiger partial charge in [-0.05, 0) is 37.6 Å². The molecule has 0 radical (unpaired) electrons. The molecule has 8 heteroatoms. The van der Waals surface area contributed by atoms with Crippen molar-refractivity contribution in [2.24, 2.45) is 0 Å². The predicted octanol–water partition coefficient (Wildman–Crippen LogP) is 2.26. The van der Waals surface area contributed by atoms with Crippen molar-refractivity contribution < 1.29 is 9.18 Å². The van der Waals surface area contributed by atoms with Gasteiger partial charge in [0.15, 0.2) is 0 Å². The number of carbonyl (C=O) groups is 1. The molecule has 2 aromatic carbocycles. The van der Waals surface area contributed by atoms with Gasteiger partial charge in [-0.25, -0.2) is 9.49 Å². The minimum absolute atomic E-state index is 0.0693. The van der Waals surface area contributed by atoms with E-state index in [0.717, 1.165) is 16.6 Å². The van der Waals surface area contributed by atoms with Crippen LogP contribution in [-0.2, 0) is 11.2 Å². The summed E-state index contributed by atoms with van der Waals surface area (Å²) in [5.74, 6) is -0.374. The molecule has 1 fully saturated rings. The minimum Gasteiger partial charge on any atom is -0.358 e. The molecule has 0 aliphatic carbocycles. The molecule has 0 spiro atoms. The summed E-state index contributed by atoms with van der Waals surface area (Å²) in [6, 6.07) is 12.4. The van der Waals surface area contributed by atoms with Crippen LogP contribution in [0.25, 0.3) is 10.8 Å². The zero-order valence-electron chi connectivity index (χ0n) is 17.9. The second kappa shape index (κ2) is 8.11. The molecule has 1 aliphatic rings. The van der Waals surface area contributed by atoms with Crippen LogP contribution in [-0.4, -0.2) is 53.3 Å². The van der Waals surface area contributed by atoms with Crippen LogP contribution in [0.3, 0.4) is 0 Å². The number of anilines is 1. The molecule has 31 heavy (non-hydrogen) atoms. The Morgan fingerprint density at radius 3 is 2.71 bits per heavy atom. The van der Waals surface area contributed by atoms with Crippen molar-refractivity contribution in [2.45, 2.75) is 25.8 Å². The minimum atomic E-state index is -0.305. The zero-order valence-corrected chi connectivity index (χ0v) is 17.9. The van der Waals surface area contributed by atoms with Crippen LogP contribution in [0.1, 0.15) is 25.1 Å². The van der Waals surface area contributed by atoms with Gasteiger partial charge in [-0.1, -0.05) is 24.3 Å². The lowest BCUT2D eigenvalue weighted by Crippen LogP contribution is -2.45. The van der Waals surface area contributed by atoms with Crippen LogP contribution in [0.5, 0.6) is 0 Å². The number of amides is 1. The SMILES string of the molecule is CNC(=O)CN1CN(c2cc(Cc3n[nH]c(=O)c4ccccc34)ccc2F)CC1(C)C. The number of hydrogen-bond donors (Lipinski definition) is 2. The molecule has 3 aromatic rings. The Labute approximate surface area is 179 Å². The van der Waals surface area contributed by atoms with Crippen molar-refractivity contribution in [1.82, 2.24) is 20.4 Å². The van der Waals surface area contributed by atoms with Crippen molar-refractivity contribution in [1.29, 1.82) is 0 Å². The second-order valence-electron chi connectivity index (χ2n) is 8.53. The average molecular weight is 423 g/mol. The summed E-state index contributed by atoms with van der Waals surface area (Å²) >= 11 is 0. The molecule has 0 saturated carbocycles. The number of hydrogen-bond acceptors (Lipinski definition) is 5. The fourth-order valence-corrected chi connectivity index (χ4v) is 4.10. The van der Waals surface area contributed by atoms with Crippen molar-refractivity contribution >= 4 is 22.4 Å². The highest BCUT2D eigenvalue weighted by molar-refractivity contribution is 5.83. The number of aromatic amines is 1. The van der Waals surface area contributed by atoms with E-state index >= 15 is 0 Å². The number of likely N-dealkylation sites (N-methyl/N-ethyl adjacent to an activating group) is 1. The van der Waals surface area contributed by atoms with E-state index in [1.54, 1.807) is 19.2 Å². The number of halogens is 1. The topological polar surface area (TPSA) is 81.3 Å². The van der Waals surface area contributed by atoms with Crippen LogP contribution in [0.15, 0.2) is 47.3 Å². The van der Waals surface area contributed by atoms with Crippen LogP contribution in [0.4, 0.5) is 10.1 Å². The highest BCUT2D eigenvalue weighted by Gasteiger charge is 2.38. The summed E-state index contributed by atoms with van der Waals surface area (Å²) in [6.07, 6.45) is 0.462. The van der Waals surface area contributed by atoms with E-state index < -0.39 is 0 Å². The fraction of sp³-hybridized carbons (Fsp3) is 0.348. The molecular weight excluding hydrogens is 397 g/mol. The van der Waals surface area contributed by atoms with Crippen molar-refractivity contribution in [3.8, 4) is 0 Å². The van der Waals surface area contributed by atoms with Crippen LogP contribution >= 0.6 is 0 Å². The first-order valence-corrected chi connectivity index (χ1v) is 10.2. The number of nitrogens with one attached hydrogen (secondary N) is 2. The molecule has 1 saturated heterocycles. The first-order valence-electron chi connectivity index (χ1n) is 10.2. The van der Waals surface area contributed by atoms with Gasteiger partial charge < -0.3 is 10.2 Å². The van der Waals surface area contributed by atoms with Gasteiger partial charge in [0.2, 0.25) is 5.91 Å². The summed E-state index contributed by atoms with van der Waals surface area (Å²) in [4.78, 5) is 27.9. The Kier molecular flexibility index (Phi) is 5.49. The number of carbonyl (C=O) groups excluding carboxylic acids is 1. The number of rotatable bonds is 5. The van der Waals surface area contributed by atoms with Gasteiger partial charge in [0.05, 0.1) is 30.0 Å². The third kappa shape index (κ3) is 4.16. The molecule has 0 bridgehead atoms. The molecule has 1 aromatic heterocycles. The van der Waals surface area contributed by atoms with Crippen LogP contribution in [0, 0.1) is 5.82 Å². The van der Waals surface area contributed by atoms with E-state index in [-0.39, 0.29) is 29.4 Å². The highest BCUT2D eigenvalue weighted by atomic mass is 19.1. The van der Waals surface area contributed by atoms with Crippen LogP contribution in [0.2, 0.25) is 0 Å². The van der Waals surface area contributed by atoms with E-state index in [9.17, 15) is 14.0 Å². The van der Waals surface area contributed by atoms with Crippen molar-refractivity contribution in [3.63, 3.8) is 0 Å². The third-order valence-electron chi connectivity index (χ3n) is 5.89. The van der Waals surface area contributed by atoms with E-state index in [2.05, 4.69) is 15.5 Å². The Hall–Kier alpha value is -3.26. The summed E-state index contributed by atoms with van der Waals surface area (Å²) in [6.45, 7) is 5.42. The van der Waals surface area contributed by atoms with Gasteiger partial charge in [0.1, 0.15) is 5.82 Å². The zero-order chi connectivity index (χ0) is 22.2. The fourth-order valence-electron chi connectivity index (χ4n) is 4.10. The molecule has 7 nitrogen and oxygen atoms in total. The standard InChI is InChI=1S/C23H26FN5O2/c1-23(2)13-28(14-29(23)12-21(30)25-3)20-11-15(8-9-18(20)24)10-19-16-6-4-5-7-17(16)22(31)27-26-19/h4-9,11H,10,12-14H2,1-3H3,(H,25,30)(H,27,31). The van der Waals surface area contributed by atoms with Gasteiger partial charge in [-0.15, -0.1) is 0 Å². The van der Waals surface area contributed by atoms with E-state index in [1.807, 2.05) is 47.9 Å². The Morgan fingerprint density at radius 1 is 1.23 bits per heavy atom. The summed E-state index contributed by atoms with van der Waals surface area (Å²) in [7, 11) is 1.61. The number of aromatic nitrogens is 2. The largest absolute Gasteiger partial charge is 0.358 e. The number of benzene rings is 2. The number of H-pyrrole nitrogens is 1. The van der Waals surface area contributed by atoms with E-state index in [4.69, 9.17) is 0 Å². The van der Waals surface area contributed by atoms with Gasteiger partial charge in [0.25, 0.3) is 5.56 Å². The maximum absolute atomic E-state index is 14.8. The molecule has 0 atom stereocenters. The first kappa shape index (κ1) is 21.0. The Morgan fingerprint density at radius 2 is 1.97 bits per heavy atom. The number of nitrogens with zero attached hydrogens (tertiary/aromatic N) is 3. The van der Waals surface area contributed by atoms with Crippen molar-refractivity contribution in [2.75, 3.05) is 31.7 Å². The number of fused-ring (bicyclic) bond motifs is 1. The van der Waals surface area contributed by atoms with Crippen LogP contribution < -0.4 is 15.8 Å². The molecule has 1 aliphatic heterocycles. The van der Waals surface area contributed by atoms with Gasteiger partial charge >= 0.3 is 0 Å². The molecule has 4 rings (SSSR count). The maximum atomic E-state index is 14.8. The normalized spacial score (nSPS) is 16.1. The first-order chi connectivity index (χ1) is 14.8. The molecule has 162 valence electrons. The Balaban J connectivity index is 1.62. The smallest absolute Gasteiger partial charge is 0.272 e. The molecule has 2 N–H and O–H groups in total. The van der Waals surface area contributed by atoms with Crippen molar-refractivity contribution in [3.05, 3.63) is 69.9 Å². The molecular formula is C23H26FN5O2. The van der Waals surface area contributed by atoms with E-state index in [0.29, 0.717) is 30.7 Å². The van der Waals surface area contributed by atoms with Gasteiger partial charge in [-0.3, -0.25) is 14.5 Å². The predicted molar refractivity (Wildman–Crippen MR) is 119 cm³/mol. The quantitative estimate of drug-likeness (QED) is 0.658. The van der Waals surface area contributed by atoms with Gasteiger partial charge in [0, 0.05) is 30.9 Å². The van der Waals surface area contributed by atoms with Gasteiger partial charge in [-0.2, -0.15) is 5.10 Å². The summed E-state index contributed by atoms with van der Waals surface area (Å²) < 4.78 is 14.8. The Bertz CT molecular complexity index is 1190. The lowest BCUT2D eigenvalue weighted by Gasteiger charge is -2.28. The molecule has 2 heterocycles. The molecule has 0 unspecified atom stereocenters. The summed E-state index contributed by atoms with van der Waals surface area (Å²) in [5, 5.41) is 10.8. The van der Waals surface area contributed by atoms with E-state index in [1.165, 1.54) is 6.07 Å². The summed E-state index contributed by atoms with van der Waals surface area (Å²) in [5.41, 5.74) is 1.62. The second-order valence-corrected chi connectivity index (χ2v) is 8.53. The molecule has 1 amide bonds. The highest BCUT2D eigenvalue weighted by Crippen LogP contribution is 2.31. The lowest BCUT2D eigenvalue weighted by atomic mass is 10.0.